The molecule has 2 aromatic rings. The first-order valence-electron chi connectivity index (χ1n) is 7.88. The molecule has 0 aliphatic carbocycles. The number of para-hydroxylation sites is 1. The Kier molecular flexibility index (Phi) is 6.98. The predicted octanol–water partition coefficient (Wildman–Crippen LogP) is 3.31. The summed E-state index contributed by atoms with van der Waals surface area (Å²) < 4.78 is 10.9. The van der Waals surface area contributed by atoms with Crippen molar-refractivity contribution in [2.75, 3.05) is 13.7 Å². The lowest BCUT2D eigenvalue weighted by molar-refractivity contribution is -0.131. The number of methoxy groups -OCH3 is 1. The number of rotatable bonds is 8. The fraction of sp³-hybridized carbons (Fsp3) is 0.263. The smallest absolute Gasteiger partial charge is 0.273 e. The van der Waals surface area contributed by atoms with Crippen LogP contribution in [0.4, 0.5) is 0 Å². The molecule has 5 heteroatoms. The van der Waals surface area contributed by atoms with Crippen molar-refractivity contribution < 1.29 is 14.3 Å². The number of benzene rings is 2. The van der Waals surface area contributed by atoms with E-state index in [1.54, 1.807) is 6.21 Å². The Balaban J connectivity index is 2.02. The largest absolute Gasteiger partial charge is 0.493 e. The lowest BCUT2D eigenvalue weighted by Gasteiger charge is -2.13. The average Bonchev–Trinajstić information content (AvgIpc) is 2.62. The van der Waals surface area contributed by atoms with Gasteiger partial charge in [0.2, 0.25) is 0 Å². The van der Waals surface area contributed by atoms with Crippen molar-refractivity contribution in [3.8, 4) is 5.75 Å². The van der Waals surface area contributed by atoms with Gasteiger partial charge in [-0.05, 0) is 24.1 Å². The van der Waals surface area contributed by atoms with Crippen LogP contribution in [0.1, 0.15) is 30.6 Å². The van der Waals surface area contributed by atoms with Crippen LogP contribution < -0.4 is 10.2 Å². The minimum Gasteiger partial charge on any atom is -0.493 e. The first-order chi connectivity index (χ1) is 11.8. The maximum Gasteiger partial charge on any atom is 0.273 e. The molecule has 1 N–H and O–H groups in total. The molecule has 0 aromatic heterocycles. The summed E-state index contributed by atoms with van der Waals surface area (Å²) in [7, 11) is 1.49. The zero-order valence-electron chi connectivity index (χ0n) is 13.9. The summed E-state index contributed by atoms with van der Waals surface area (Å²) in [5.74, 6) is 0.413. The molecule has 0 bridgehead atoms. The Labute approximate surface area is 142 Å². The molecule has 0 heterocycles. The van der Waals surface area contributed by atoms with E-state index in [2.05, 4.69) is 10.5 Å². The van der Waals surface area contributed by atoms with E-state index in [1.807, 2.05) is 61.5 Å². The van der Waals surface area contributed by atoms with Crippen LogP contribution in [0, 0.1) is 0 Å². The van der Waals surface area contributed by atoms with Crippen molar-refractivity contribution in [3.05, 3.63) is 65.7 Å². The molecule has 1 amide bonds. The van der Waals surface area contributed by atoms with Gasteiger partial charge in [-0.15, -0.1) is 0 Å². The number of hydrogen-bond donors (Lipinski definition) is 1. The monoisotopic (exact) mass is 326 g/mol. The number of nitrogens with one attached hydrogen (secondary N) is 1. The topological polar surface area (TPSA) is 59.9 Å². The SMILES string of the molecule is CCCOc1ccccc1/C=N/NC(=O)C(OC)c1ccccc1. The summed E-state index contributed by atoms with van der Waals surface area (Å²) in [5.41, 5.74) is 4.10. The summed E-state index contributed by atoms with van der Waals surface area (Å²) >= 11 is 0. The van der Waals surface area contributed by atoms with Gasteiger partial charge < -0.3 is 9.47 Å². The molecule has 5 nitrogen and oxygen atoms in total. The molecular formula is C19H22N2O3. The lowest BCUT2D eigenvalue weighted by Crippen LogP contribution is -2.26. The van der Waals surface area contributed by atoms with Crippen LogP contribution in [-0.2, 0) is 9.53 Å². The molecule has 24 heavy (non-hydrogen) atoms. The fourth-order valence-corrected chi connectivity index (χ4v) is 2.18. The van der Waals surface area contributed by atoms with E-state index >= 15 is 0 Å². The average molecular weight is 326 g/mol. The Hall–Kier alpha value is -2.66. The highest BCUT2D eigenvalue weighted by atomic mass is 16.5. The first kappa shape index (κ1) is 17.7. The van der Waals surface area contributed by atoms with Gasteiger partial charge in [0, 0.05) is 12.7 Å². The zero-order chi connectivity index (χ0) is 17.2. The quantitative estimate of drug-likeness (QED) is 0.598. The zero-order valence-corrected chi connectivity index (χ0v) is 13.9. The normalized spacial score (nSPS) is 12.1. The van der Waals surface area contributed by atoms with E-state index in [0.717, 1.165) is 23.3 Å². The number of carbonyl (C=O) groups excluding carboxylic acids is 1. The maximum absolute atomic E-state index is 12.2. The molecular weight excluding hydrogens is 304 g/mol. The van der Waals surface area contributed by atoms with Gasteiger partial charge in [0.25, 0.3) is 5.91 Å². The molecule has 0 saturated carbocycles. The summed E-state index contributed by atoms with van der Waals surface area (Å²) in [5, 5.41) is 4.02. The van der Waals surface area contributed by atoms with Crippen LogP contribution in [0.5, 0.6) is 5.75 Å². The van der Waals surface area contributed by atoms with Crippen LogP contribution in [0.15, 0.2) is 59.7 Å². The van der Waals surface area contributed by atoms with Crippen molar-refractivity contribution in [1.29, 1.82) is 0 Å². The van der Waals surface area contributed by atoms with Gasteiger partial charge in [-0.25, -0.2) is 5.43 Å². The van der Waals surface area contributed by atoms with E-state index in [-0.39, 0.29) is 5.91 Å². The molecule has 0 aliphatic heterocycles. The van der Waals surface area contributed by atoms with Gasteiger partial charge in [-0.1, -0.05) is 49.4 Å². The van der Waals surface area contributed by atoms with Gasteiger partial charge in [0.1, 0.15) is 5.75 Å². The van der Waals surface area contributed by atoms with Crippen molar-refractivity contribution in [1.82, 2.24) is 5.43 Å². The summed E-state index contributed by atoms with van der Waals surface area (Å²) in [6.45, 7) is 2.68. The van der Waals surface area contributed by atoms with E-state index in [0.29, 0.717) is 6.61 Å². The molecule has 1 unspecified atom stereocenters. The molecule has 2 aromatic carbocycles. The number of hydrazone groups is 1. The minimum atomic E-state index is -0.699. The van der Waals surface area contributed by atoms with Crippen LogP contribution in [-0.4, -0.2) is 25.8 Å². The third kappa shape index (κ3) is 4.93. The highest BCUT2D eigenvalue weighted by Crippen LogP contribution is 2.17. The molecule has 0 aliphatic rings. The maximum atomic E-state index is 12.2. The fourth-order valence-electron chi connectivity index (χ4n) is 2.18. The standard InChI is InChI=1S/C19H22N2O3/c1-3-13-24-17-12-8-7-11-16(17)14-20-21-19(22)18(23-2)15-9-5-4-6-10-15/h4-12,14,18H,3,13H2,1-2H3,(H,21,22)/b20-14+. The third-order valence-electron chi connectivity index (χ3n) is 3.34. The van der Waals surface area contributed by atoms with Crippen molar-refractivity contribution in [3.63, 3.8) is 0 Å². The van der Waals surface area contributed by atoms with E-state index < -0.39 is 6.10 Å². The number of nitrogens with zero attached hydrogens (tertiary/aromatic N) is 1. The number of ether oxygens (including phenoxy) is 2. The van der Waals surface area contributed by atoms with E-state index in [4.69, 9.17) is 9.47 Å². The molecule has 2 rings (SSSR count). The molecule has 1 atom stereocenters. The molecule has 0 saturated heterocycles. The van der Waals surface area contributed by atoms with Gasteiger partial charge in [-0.3, -0.25) is 4.79 Å². The Morgan fingerprint density at radius 1 is 1.17 bits per heavy atom. The summed E-state index contributed by atoms with van der Waals surface area (Å²) in [6, 6.07) is 16.8. The molecule has 126 valence electrons. The molecule has 0 spiro atoms. The molecule has 0 radical (unpaired) electrons. The predicted molar refractivity (Wildman–Crippen MR) is 94.2 cm³/mol. The highest BCUT2D eigenvalue weighted by Gasteiger charge is 2.19. The van der Waals surface area contributed by atoms with E-state index in [9.17, 15) is 4.79 Å². The second-order valence-corrected chi connectivity index (χ2v) is 5.15. The minimum absolute atomic E-state index is 0.327. The van der Waals surface area contributed by atoms with Gasteiger partial charge >= 0.3 is 0 Å². The first-order valence-corrected chi connectivity index (χ1v) is 7.88. The summed E-state index contributed by atoms with van der Waals surface area (Å²) in [4.78, 5) is 12.2. The Morgan fingerprint density at radius 2 is 1.88 bits per heavy atom. The van der Waals surface area contributed by atoms with Gasteiger partial charge in [0.15, 0.2) is 6.10 Å². The van der Waals surface area contributed by atoms with Gasteiger partial charge in [0.05, 0.1) is 12.8 Å². The van der Waals surface area contributed by atoms with Crippen molar-refractivity contribution >= 4 is 12.1 Å². The summed E-state index contributed by atoms with van der Waals surface area (Å²) in [6.07, 6.45) is 1.80. The van der Waals surface area contributed by atoms with Crippen LogP contribution in [0.2, 0.25) is 0 Å². The lowest BCUT2D eigenvalue weighted by atomic mass is 10.1. The molecule has 0 fully saturated rings. The number of hydrogen-bond acceptors (Lipinski definition) is 4. The second-order valence-electron chi connectivity index (χ2n) is 5.15. The number of amides is 1. The van der Waals surface area contributed by atoms with Crippen LogP contribution >= 0.6 is 0 Å². The second kappa shape index (κ2) is 9.47. The third-order valence-corrected chi connectivity index (χ3v) is 3.34. The highest BCUT2D eigenvalue weighted by molar-refractivity contribution is 5.86. The number of carbonyl (C=O) groups is 1. The van der Waals surface area contributed by atoms with Crippen LogP contribution in [0.3, 0.4) is 0 Å². The Bertz CT molecular complexity index is 671. The van der Waals surface area contributed by atoms with Crippen molar-refractivity contribution in [2.45, 2.75) is 19.4 Å². The Morgan fingerprint density at radius 3 is 2.58 bits per heavy atom. The van der Waals surface area contributed by atoms with E-state index in [1.165, 1.54) is 7.11 Å². The van der Waals surface area contributed by atoms with Crippen molar-refractivity contribution in [2.24, 2.45) is 5.10 Å². The van der Waals surface area contributed by atoms with Gasteiger partial charge in [-0.2, -0.15) is 5.10 Å². The van der Waals surface area contributed by atoms with Crippen LogP contribution in [0.25, 0.3) is 0 Å².